The van der Waals surface area contributed by atoms with E-state index >= 15 is 0 Å². The highest BCUT2D eigenvalue weighted by Gasteiger charge is 2.36. The van der Waals surface area contributed by atoms with Crippen LogP contribution in [-0.4, -0.2) is 45.5 Å². The Hall–Kier alpha value is -3.03. The molecule has 0 radical (unpaired) electrons. The molecule has 0 spiro atoms. The summed E-state index contributed by atoms with van der Waals surface area (Å²) in [5.74, 6) is -2.74. The van der Waals surface area contributed by atoms with Crippen LogP contribution >= 0.6 is 0 Å². The summed E-state index contributed by atoms with van der Waals surface area (Å²) < 4.78 is 93.5. The predicted molar refractivity (Wildman–Crippen MR) is 94.7 cm³/mol. The van der Waals surface area contributed by atoms with Crippen LogP contribution in [0.1, 0.15) is 24.7 Å². The molecule has 2 N–H and O–H groups in total. The zero-order valence-electron chi connectivity index (χ0n) is 16.3. The second kappa shape index (κ2) is 8.84. The third-order valence-corrected chi connectivity index (χ3v) is 4.61. The topological polar surface area (TPSA) is 89.0 Å². The van der Waals surface area contributed by atoms with Crippen molar-refractivity contribution in [1.29, 1.82) is 0 Å². The van der Waals surface area contributed by atoms with Gasteiger partial charge in [-0.2, -0.15) is 13.2 Å². The lowest BCUT2D eigenvalue weighted by Crippen LogP contribution is -2.42. The van der Waals surface area contributed by atoms with Gasteiger partial charge in [0.1, 0.15) is 6.17 Å². The van der Waals surface area contributed by atoms with Gasteiger partial charge in [-0.25, -0.2) is 14.4 Å². The maximum absolute atomic E-state index is 13.6. The van der Waals surface area contributed by atoms with Crippen molar-refractivity contribution in [2.24, 2.45) is 0 Å². The number of rotatable bonds is 5. The number of hydrogen-bond acceptors (Lipinski definition) is 6. The molecular weight excluding hydrogens is 451 g/mol. The Bertz CT molecular complexity index is 956. The van der Waals surface area contributed by atoms with Crippen molar-refractivity contribution < 1.29 is 40.3 Å². The van der Waals surface area contributed by atoms with Crippen LogP contribution in [0.25, 0.3) is 11.3 Å². The van der Waals surface area contributed by atoms with Gasteiger partial charge in [0.05, 0.1) is 17.9 Å². The van der Waals surface area contributed by atoms with E-state index in [1.54, 1.807) is 6.92 Å². The molecule has 3 rings (SSSR count). The summed E-state index contributed by atoms with van der Waals surface area (Å²) >= 11 is 0. The van der Waals surface area contributed by atoms with Crippen LogP contribution < -0.4 is 15.4 Å². The molecule has 1 saturated heterocycles. The van der Waals surface area contributed by atoms with E-state index in [1.807, 2.05) is 0 Å². The van der Waals surface area contributed by atoms with Crippen molar-refractivity contribution in [3.8, 4) is 17.0 Å². The van der Waals surface area contributed by atoms with Crippen molar-refractivity contribution >= 4 is 5.91 Å². The molecule has 32 heavy (non-hydrogen) atoms. The summed E-state index contributed by atoms with van der Waals surface area (Å²) in [6.07, 6.45) is -8.81. The van der Waals surface area contributed by atoms with Gasteiger partial charge in [-0.1, -0.05) is 0 Å². The molecule has 1 fully saturated rings. The third-order valence-electron chi connectivity index (χ3n) is 4.61. The van der Waals surface area contributed by atoms with E-state index in [0.717, 1.165) is 24.7 Å². The Kier molecular flexibility index (Phi) is 6.53. The largest absolute Gasteiger partial charge is 0.573 e. The fourth-order valence-corrected chi connectivity index (χ4v) is 3.01. The highest BCUT2D eigenvalue weighted by Crippen LogP contribution is 2.30. The fraction of sp³-hybridized carbons (Fsp3) is 0.444. The Morgan fingerprint density at radius 3 is 2.34 bits per heavy atom. The van der Waals surface area contributed by atoms with Crippen molar-refractivity contribution in [3.63, 3.8) is 0 Å². The van der Waals surface area contributed by atoms with Crippen LogP contribution in [0.5, 0.6) is 5.75 Å². The van der Waals surface area contributed by atoms with Gasteiger partial charge in [0.25, 0.3) is 0 Å². The van der Waals surface area contributed by atoms with E-state index in [2.05, 4.69) is 30.3 Å². The van der Waals surface area contributed by atoms with Gasteiger partial charge in [-0.15, -0.1) is 13.2 Å². The van der Waals surface area contributed by atoms with Crippen molar-refractivity contribution in [2.45, 2.75) is 50.7 Å². The zero-order chi connectivity index (χ0) is 23.7. The van der Waals surface area contributed by atoms with Gasteiger partial charge >= 0.3 is 12.5 Å². The summed E-state index contributed by atoms with van der Waals surface area (Å²) in [4.78, 5) is 22.4. The van der Waals surface area contributed by atoms with E-state index in [0.29, 0.717) is 0 Å². The molecule has 0 aliphatic carbocycles. The summed E-state index contributed by atoms with van der Waals surface area (Å²) in [6, 6.07) is -0.325. The summed E-state index contributed by atoms with van der Waals surface area (Å²) in [6.45, 7) is 1.11. The van der Waals surface area contributed by atoms with Crippen LogP contribution in [0.2, 0.25) is 0 Å². The Morgan fingerprint density at radius 2 is 1.81 bits per heavy atom. The summed E-state index contributed by atoms with van der Waals surface area (Å²) in [7, 11) is 0. The minimum absolute atomic E-state index is 0.00399. The van der Waals surface area contributed by atoms with E-state index < -0.39 is 54.8 Å². The number of nitrogens with zero attached hydrogens (tertiary/aromatic N) is 3. The SMILES string of the molecule is C[C@H]1N[C@@H](C(=O)NCc2cc(-c3cnc(C(F)(F)F)nc3)ncc2OC(F)(F)F)C[C@H]1F. The number of alkyl halides is 7. The van der Waals surface area contributed by atoms with Gasteiger partial charge in [0.15, 0.2) is 5.75 Å². The maximum atomic E-state index is 13.6. The number of halogens is 7. The van der Waals surface area contributed by atoms with Crippen LogP contribution in [0.4, 0.5) is 30.7 Å². The molecule has 1 aliphatic heterocycles. The number of pyridine rings is 1. The van der Waals surface area contributed by atoms with Gasteiger partial charge < -0.3 is 15.4 Å². The highest BCUT2D eigenvalue weighted by molar-refractivity contribution is 5.82. The van der Waals surface area contributed by atoms with Gasteiger partial charge in [-0.05, 0) is 13.0 Å². The van der Waals surface area contributed by atoms with Gasteiger partial charge in [0.2, 0.25) is 11.7 Å². The molecule has 0 saturated carbocycles. The molecule has 1 aliphatic rings. The van der Waals surface area contributed by atoms with Crippen LogP contribution in [0, 0.1) is 0 Å². The van der Waals surface area contributed by atoms with E-state index in [-0.39, 0.29) is 23.2 Å². The normalized spacial score (nSPS) is 21.4. The lowest BCUT2D eigenvalue weighted by molar-refractivity contribution is -0.275. The fourth-order valence-electron chi connectivity index (χ4n) is 3.01. The standard InChI is InChI=1S/C18H16F7N5O2/c1-8-11(19)3-13(30-8)15(31)27-4-9-2-12(26-7-14(9)32-18(23,24)25)10-5-28-16(29-6-10)17(20,21)22/h2,5-8,11,13,30H,3-4H2,1H3,(H,27,31)/t8-,11-,13-/m1/s1. The maximum Gasteiger partial charge on any atom is 0.573 e. The van der Waals surface area contributed by atoms with E-state index in [4.69, 9.17) is 0 Å². The molecule has 3 heterocycles. The number of ether oxygens (including phenoxy) is 1. The first kappa shape index (κ1) is 23.6. The number of hydrogen-bond donors (Lipinski definition) is 2. The average molecular weight is 467 g/mol. The molecule has 14 heteroatoms. The second-order valence-electron chi connectivity index (χ2n) is 7.00. The Morgan fingerprint density at radius 1 is 1.16 bits per heavy atom. The highest BCUT2D eigenvalue weighted by atomic mass is 19.4. The quantitative estimate of drug-likeness (QED) is 0.657. The molecule has 3 atom stereocenters. The minimum Gasteiger partial charge on any atom is -0.404 e. The number of amides is 1. The number of carbonyl (C=O) groups is 1. The monoisotopic (exact) mass is 467 g/mol. The molecule has 174 valence electrons. The Labute approximate surface area is 176 Å². The van der Waals surface area contributed by atoms with Crippen molar-refractivity contribution in [2.75, 3.05) is 0 Å². The smallest absolute Gasteiger partial charge is 0.404 e. The molecule has 1 amide bonds. The first-order chi connectivity index (χ1) is 14.8. The average Bonchev–Trinajstić information content (AvgIpc) is 3.04. The van der Waals surface area contributed by atoms with Gasteiger partial charge in [-0.3, -0.25) is 9.78 Å². The molecule has 0 unspecified atom stereocenters. The molecule has 0 aromatic carbocycles. The molecular formula is C18H16F7N5O2. The number of aromatic nitrogens is 3. The predicted octanol–water partition coefficient (Wildman–Crippen LogP) is 3.16. The summed E-state index contributed by atoms with van der Waals surface area (Å²) in [5.41, 5.74) is -0.215. The van der Waals surface area contributed by atoms with E-state index in [9.17, 15) is 35.5 Å². The molecule has 0 bridgehead atoms. The van der Waals surface area contributed by atoms with Crippen LogP contribution in [0.15, 0.2) is 24.7 Å². The van der Waals surface area contributed by atoms with Crippen molar-refractivity contribution in [1.82, 2.24) is 25.6 Å². The lowest BCUT2D eigenvalue weighted by atomic mass is 10.1. The number of nitrogens with one attached hydrogen (secondary N) is 2. The van der Waals surface area contributed by atoms with E-state index in [1.165, 1.54) is 0 Å². The first-order valence-electron chi connectivity index (χ1n) is 9.15. The third kappa shape index (κ3) is 5.81. The first-order valence-corrected chi connectivity index (χ1v) is 9.15. The van der Waals surface area contributed by atoms with Gasteiger partial charge in [0, 0.05) is 42.5 Å². The Balaban J connectivity index is 1.82. The zero-order valence-corrected chi connectivity index (χ0v) is 16.3. The van der Waals surface area contributed by atoms with Crippen LogP contribution in [0.3, 0.4) is 0 Å². The minimum atomic E-state index is -5.05. The molecule has 2 aromatic heterocycles. The number of carbonyl (C=O) groups excluding carboxylic acids is 1. The second-order valence-corrected chi connectivity index (χ2v) is 7.00. The summed E-state index contributed by atoms with van der Waals surface area (Å²) in [5, 5.41) is 5.12. The molecule has 7 nitrogen and oxygen atoms in total. The lowest BCUT2D eigenvalue weighted by Gasteiger charge is -2.16. The van der Waals surface area contributed by atoms with Crippen molar-refractivity contribution in [3.05, 3.63) is 36.0 Å². The van der Waals surface area contributed by atoms with Crippen LogP contribution in [-0.2, 0) is 17.5 Å². The molecule has 2 aromatic rings.